The van der Waals surface area contributed by atoms with Crippen LogP contribution in [0.3, 0.4) is 0 Å². The van der Waals surface area contributed by atoms with Gasteiger partial charge in [-0.2, -0.15) is 0 Å². The molecule has 0 radical (unpaired) electrons. The van der Waals surface area contributed by atoms with Gasteiger partial charge in [0.25, 0.3) is 0 Å². The maximum Gasteiger partial charge on any atom is 0.164 e. The highest BCUT2D eigenvalue weighted by atomic mass is 16.7. The van der Waals surface area contributed by atoms with Crippen molar-refractivity contribution in [2.24, 2.45) is 0 Å². The van der Waals surface area contributed by atoms with Crippen molar-refractivity contribution in [1.29, 1.82) is 0 Å². The zero-order valence-corrected chi connectivity index (χ0v) is 7.84. The highest BCUT2D eigenvalue weighted by molar-refractivity contribution is 5.78. The van der Waals surface area contributed by atoms with E-state index in [4.69, 9.17) is 9.47 Å². The Balaban J connectivity index is 2.11. The summed E-state index contributed by atoms with van der Waals surface area (Å²) in [7, 11) is 0. The topological polar surface area (TPSA) is 35.5 Å². The molecule has 0 amide bonds. The molecular weight excluding hydrogens is 168 g/mol. The number of hydrogen-bond acceptors (Lipinski definition) is 3. The molecule has 0 aromatic rings. The van der Waals surface area contributed by atoms with Crippen molar-refractivity contribution < 1.29 is 14.3 Å². The fraction of sp³-hybridized carbons (Fsp3) is 0.700. The Labute approximate surface area is 78.4 Å². The smallest absolute Gasteiger partial charge is 0.164 e. The van der Waals surface area contributed by atoms with Crippen LogP contribution in [0.4, 0.5) is 0 Å². The Morgan fingerprint density at radius 2 is 2.15 bits per heavy atom. The largest absolute Gasteiger partial charge is 0.350 e. The van der Waals surface area contributed by atoms with E-state index in [1.165, 1.54) is 0 Å². The Bertz CT molecular complexity index is 218. The van der Waals surface area contributed by atoms with Crippen LogP contribution in [0.15, 0.2) is 0 Å². The van der Waals surface area contributed by atoms with Gasteiger partial charge < -0.3 is 9.47 Å². The fourth-order valence-electron chi connectivity index (χ4n) is 1.14. The Morgan fingerprint density at radius 3 is 2.77 bits per heavy atom. The molecule has 1 saturated heterocycles. The molecule has 1 aliphatic rings. The molecular formula is C10H14O3. The molecule has 0 aliphatic carbocycles. The third-order valence-electron chi connectivity index (χ3n) is 1.79. The van der Waals surface area contributed by atoms with Crippen LogP contribution in [-0.2, 0) is 14.3 Å². The van der Waals surface area contributed by atoms with Gasteiger partial charge in [0.2, 0.25) is 0 Å². The van der Waals surface area contributed by atoms with Gasteiger partial charge in [0.05, 0.1) is 19.6 Å². The third kappa shape index (κ3) is 4.07. The average molecular weight is 182 g/mol. The highest BCUT2D eigenvalue weighted by Gasteiger charge is 2.18. The summed E-state index contributed by atoms with van der Waals surface area (Å²) in [6.07, 6.45) is 1.21. The van der Waals surface area contributed by atoms with Crippen LogP contribution < -0.4 is 0 Å². The van der Waals surface area contributed by atoms with Crippen molar-refractivity contribution in [2.75, 3.05) is 13.2 Å². The minimum atomic E-state index is -0.304. The van der Waals surface area contributed by atoms with E-state index in [0.29, 0.717) is 32.5 Å². The van der Waals surface area contributed by atoms with Crippen molar-refractivity contribution in [3.8, 4) is 11.8 Å². The van der Waals surface area contributed by atoms with Gasteiger partial charge in [-0.3, -0.25) is 4.79 Å². The van der Waals surface area contributed by atoms with Gasteiger partial charge in [-0.25, -0.2) is 0 Å². The molecule has 1 fully saturated rings. The minimum absolute atomic E-state index is 0.162. The first-order chi connectivity index (χ1) is 6.33. The van der Waals surface area contributed by atoms with Crippen LogP contribution in [0, 0.1) is 11.8 Å². The second kappa shape index (κ2) is 5.74. The Kier molecular flexibility index (Phi) is 4.52. The number of ketones is 1. The van der Waals surface area contributed by atoms with Gasteiger partial charge >= 0.3 is 0 Å². The van der Waals surface area contributed by atoms with E-state index in [0.717, 1.165) is 0 Å². The molecule has 72 valence electrons. The lowest BCUT2D eigenvalue weighted by molar-refractivity contribution is -0.127. The molecule has 0 bridgehead atoms. The van der Waals surface area contributed by atoms with E-state index in [9.17, 15) is 4.79 Å². The molecule has 1 rings (SSSR count). The SMILES string of the molecule is CC#CCCC(=O)CC1OCCO1. The Hall–Kier alpha value is -0.850. The van der Waals surface area contributed by atoms with E-state index in [1.807, 2.05) is 0 Å². The summed E-state index contributed by atoms with van der Waals surface area (Å²) in [5, 5.41) is 0. The average Bonchev–Trinajstić information content (AvgIpc) is 2.57. The molecule has 0 saturated carbocycles. The second-order valence-corrected chi connectivity index (χ2v) is 2.84. The first-order valence-electron chi connectivity index (χ1n) is 4.47. The molecule has 3 nitrogen and oxygen atoms in total. The van der Waals surface area contributed by atoms with Crippen molar-refractivity contribution in [3.05, 3.63) is 0 Å². The summed E-state index contributed by atoms with van der Waals surface area (Å²) in [5.41, 5.74) is 0. The van der Waals surface area contributed by atoms with Crippen molar-refractivity contribution >= 4 is 5.78 Å². The standard InChI is InChI=1S/C10H14O3/c1-2-3-4-5-9(11)8-10-12-6-7-13-10/h10H,4-8H2,1H3. The summed E-state index contributed by atoms with van der Waals surface area (Å²) in [5.74, 6) is 5.77. The lowest BCUT2D eigenvalue weighted by Crippen LogP contribution is -2.13. The molecule has 0 spiro atoms. The zero-order chi connectivity index (χ0) is 9.52. The van der Waals surface area contributed by atoms with E-state index in [-0.39, 0.29) is 12.1 Å². The molecule has 0 unspecified atom stereocenters. The van der Waals surface area contributed by atoms with Crippen LogP contribution in [0.2, 0.25) is 0 Å². The molecule has 3 heteroatoms. The van der Waals surface area contributed by atoms with E-state index < -0.39 is 0 Å². The van der Waals surface area contributed by atoms with E-state index >= 15 is 0 Å². The van der Waals surface area contributed by atoms with Gasteiger partial charge in [-0.15, -0.1) is 11.8 Å². The quantitative estimate of drug-likeness (QED) is 0.611. The maximum absolute atomic E-state index is 11.2. The Morgan fingerprint density at radius 1 is 1.46 bits per heavy atom. The number of Topliss-reactive ketones (excluding diaryl/α,β-unsaturated/α-hetero) is 1. The molecule has 1 heterocycles. The number of hydrogen-bond donors (Lipinski definition) is 0. The van der Waals surface area contributed by atoms with Gasteiger partial charge in [-0.1, -0.05) is 0 Å². The van der Waals surface area contributed by atoms with Crippen LogP contribution in [-0.4, -0.2) is 25.3 Å². The molecule has 0 N–H and O–H groups in total. The fourth-order valence-corrected chi connectivity index (χ4v) is 1.14. The van der Waals surface area contributed by atoms with Crippen LogP contribution in [0.5, 0.6) is 0 Å². The predicted molar refractivity (Wildman–Crippen MR) is 48.0 cm³/mol. The highest BCUT2D eigenvalue weighted by Crippen LogP contribution is 2.09. The maximum atomic E-state index is 11.2. The van der Waals surface area contributed by atoms with Crippen LogP contribution >= 0.6 is 0 Å². The van der Waals surface area contributed by atoms with Crippen molar-refractivity contribution in [3.63, 3.8) is 0 Å². The first-order valence-corrected chi connectivity index (χ1v) is 4.47. The van der Waals surface area contributed by atoms with Crippen LogP contribution in [0.25, 0.3) is 0 Å². The molecule has 13 heavy (non-hydrogen) atoms. The third-order valence-corrected chi connectivity index (χ3v) is 1.79. The summed E-state index contributed by atoms with van der Waals surface area (Å²) in [6, 6.07) is 0. The van der Waals surface area contributed by atoms with E-state index in [1.54, 1.807) is 6.92 Å². The zero-order valence-electron chi connectivity index (χ0n) is 7.84. The van der Waals surface area contributed by atoms with Crippen LogP contribution in [0.1, 0.15) is 26.2 Å². The minimum Gasteiger partial charge on any atom is -0.350 e. The number of rotatable bonds is 4. The molecule has 1 aliphatic heterocycles. The first kappa shape index (κ1) is 10.2. The second-order valence-electron chi connectivity index (χ2n) is 2.84. The van der Waals surface area contributed by atoms with Crippen molar-refractivity contribution in [2.45, 2.75) is 32.5 Å². The summed E-state index contributed by atoms with van der Waals surface area (Å²) >= 11 is 0. The summed E-state index contributed by atoms with van der Waals surface area (Å²) < 4.78 is 10.3. The van der Waals surface area contributed by atoms with Gasteiger partial charge in [0.15, 0.2) is 6.29 Å². The molecule has 0 atom stereocenters. The number of ether oxygens (including phenoxy) is 2. The number of carbonyl (C=O) groups excluding carboxylic acids is 1. The summed E-state index contributed by atoms with van der Waals surface area (Å²) in [6.45, 7) is 2.98. The normalized spacial score (nSPS) is 16.7. The predicted octanol–water partition coefficient (Wildman–Crippen LogP) is 1.12. The summed E-state index contributed by atoms with van der Waals surface area (Å²) in [4.78, 5) is 11.2. The monoisotopic (exact) mass is 182 g/mol. The van der Waals surface area contributed by atoms with E-state index in [2.05, 4.69) is 11.8 Å². The lowest BCUT2D eigenvalue weighted by Gasteiger charge is -2.06. The van der Waals surface area contributed by atoms with Crippen molar-refractivity contribution in [1.82, 2.24) is 0 Å². The lowest BCUT2D eigenvalue weighted by atomic mass is 10.1. The van der Waals surface area contributed by atoms with Gasteiger partial charge in [0.1, 0.15) is 5.78 Å². The molecule has 0 aromatic heterocycles. The van der Waals surface area contributed by atoms with Gasteiger partial charge in [-0.05, 0) is 6.92 Å². The molecule has 0 aromatic carbocycles. The van der Waals surface area contributed by atoms with Gasteiger partial charge in [0, 0.05) is 12.8 Å². The number of carbonyl (C=O) groups is 1.